The fourth-order valence-electron chi connectivity index (χ4n) is 4.08. The lowest BCUT2D eigenvalue weighted by Gasteiger charge is -2.39. The van der Waals surface area contributed by atoms with E-state index in [0.29, 0.717) is 25.4 Å². The maximum absolute atomic E-state index is 12.9. The summed E-state index contributed by atoms with van der Waals surface area (Å²) in [6.07, 6.45) is 7.68. The molecule has 0 saturated heterocycles. The zero-order valence-electron chi connectivity index (χ0n) is 14.2. The Morgan fingerprint density at radius 2 is 1.75 bits per heavy atom. The number of carbonyl (C=O) groups is 2. The summed E-state index contributed by atoms with van der Waals surface area (Å²) in [6.45, 7) is 0.698. The van der Waals surface area contributed by atoms with Gasteiger partial charge in [0.25, 0.3) is 0 Å². The first-order valence-electron chi connectivity index (χ1n) is 9.17. The predicted molar refractivity (Wildman–Crippen MR) is 92.7 cm³/mol. The highest BCUT2D eigenvalue weighted by atomic mass is 16.4. The minimum atomic E-state index is -0.795. The van der Waals surface area contributed by atoms with Crippen LogP contribution >= 0.6 is 0 Å². The molecule has 2 saturated carbocycles. The van der Waals surface area contributed by atoms with Gasteiger partial charge in [-0.1, -0.05) is 49.6 Å². The third kappa shape index (κ3) is 3.63. The van der Waals surface area contributed by atoms with Crippen molar-refractivity contribution in [2.75, 3.05) is 6.54 Å². The number of amides is 1. The summed E-state index contributed by atoms with van der Waals surface area (Å²) in [5.41, 5.74) is 0.436. The second kappa shape index (κ2) is 7.37. The molecular formula is C20H27NO3. The lowest BCUT2D eigenvalue weighted by molar-refractivity contribution is -0.160. The van der Waals surface area contributed by atoms with Gasteiger partial charge in [-0.3, -0.25) is 9.59 Å². The van der Waals surface area contributed by atoms with Gasteiger partial charge in [0.05, 0.1) is 5.41 Å². The monoisotopic (exact) mass is 329 g/mol. The zero-order chi connectivity index (χ0) is 17.0. The van der Waals surface area contributed by atoms with Crippen molar-refractivity contribution in [3.8, 4) is 0 Å². The van der Waals surface area contributed by atoms with Gasteiger partial charge < -0.3 is 10.0 Å². The average Bonchev–Trinajstić information content (AvgIpc) is 3.06. The van der Waals surface area contributed by atoms with Crippen molar-refractivity contribution in [2.45, 2.75) is 63.8 Å². The van der Waals surface area contributed by atoms with Crippen molar-refractivity contribution >= 4 is 11.9 Å². The van der Waals surface area contributed by atoms with Crippen LogP contribution in [0.4, 0.5) is 0 Å². The number of nitrogens with zero attached hydrogens (tertiary/aromatic N) is 1. The van der Waals surface area contributed by atoms with Gasteiger partial charge in [-0.25, -0.2) is 0 Å². The Labute approximate surface area is 143 Å². The van der Waals surface area contributed by atoms with Crippen LogP contribution in [0.3, 0.4) is 0 Å². The number of carboxylic acid groups (broad SMARTS) is 1. The van der Waals surface area contributed by atoms with Gasteiger partial charge in [-0.15, -0.1) is 0 Å². The fraction of sp³-hybridized carbons (Fsp3) is 0.600. The fourth-order valence-corrected chi connectivity index (χ4v) is 4.08. The van der Waals surface area contributed by atoms with Gasteiger partial charge in [0.15, 0.2) is 0 Å². The highest BCUT2D eigenvalue weighted by Gasteiger charge is 2.47. The molecule has 0 atom stereocenters. The Morgan fingerprint density at radius 3 is 2.29 bits per heavy atom. The third-order valence-corrected chi connectivity index (χ3v) is 5.82. The van der Waals surface area contributed by atoms with Gasteiger partial charge in [0.2, 0.25) is 5.91 Å². The van der Waals surface area contributed by atoms with Crippen LogP contribution in [0.2, 0.25) is 0 Å². The van der Waals surface area contributed by atoms with Crippen LogP contribution in [-0.2, 0) is 16.0 Å². The molecule has 2 fully saturated rings. The molecule has 4 nitrogen and oxygen atoms in total. The van der Waals surface area contributed by atoms with Crippen molar-refractivity contribution in [3.05, 3.63) is 35.9 Å². The molecular weight excluding hydrogens is 302 g/mol. The first-order chi connectivity index (χ1) is 11.6. The summed E-state index contributed by atoms with van der Waals surface area (Å²) in [4.78, 5) is 26.5. The lowest BCUT2D eigenvalue weighted by atomic mass is 9.66. The minimum absolute atomic E-state index is 0.0416. The number of hydrogen-bond acceptors (Lipinski definition) is 2. The summed E-state index contributed by atoms with van der Waals surface area (Å²) >= 11 is 0. The highest BCUT2D eigenvalue weighted by molar-refractivity contribution is 5.86. The Balaban J connectivity index is 1.67. The molecule has 0 aliphatic heterocycles. The first-order valence-corrected chi connectivity index (χ1v) is 9.17. The zero-order valence-corrected chi connectivity index (χ0v) is 14.2. The molecule has 0 unspecified atom stereocenters. The van der Waals surface area contributed by atoms with E-state index in [4.69, 9.17) is 0 Å². The van der Waals surface area contributed by atoms with Gasteiger partial charge in [-0.2, -0.15) is 0 Å². The first kappa shape index (κ1) is 17.0. The van der Waals surface area contributed by atoms with E-state index in [1.165, 1.54) is 18.4 Å². The standard InChI is InChI=1S/C20H27NO3/c22-18(15-20(19(23)24)12-6-13-20)21(17-9-4-5-10-17)14-11-16-7-2-1-3-8-16/h1-3,7-8,17H,4-6,9-15H2,(H,23,24). The molecule has 3 rings (SSSR count). The second-order valence-electron chi connectivity index (χ2n) is 7.38. The summed E-state index contributed by atoms with van der Waals surface area (Å²) < 4.78 is 0. The van der Waals surface area contributed by atoms with Crippen molar-refractivity contribution in [3.63, 3.8) is 0 Å². The Kier molecular flexibility index (Phi) is 5.22. The normalized spacial score (nSPS) is 19.7. The number of carbonyl (C=O) groups excluding carboxylic acids is 1. The van der Waals surface area contributed by atoms with Gasteiger partial charge in [-0.05, 0) is 37.7 Å². The molecule has 130 valence electrons. The largest absolute Gasteiger partial charge is 0.481 e. The second-order valence-corrected chi connectivity index (χ2v) is 7.38. The van der Waals surface area contributed by atoms with Crippen LogP contribution in [0.5, 0.6) is 0 Å². The number of rotatable bonds is 7. The molecule has 1 aromatic carbocycles. The Bertz CT molecular complexity index is 574. The molecule has 0 spiro atoms. The molecule has 0 radical (unpaired) electrons. The SMILES string of the molecule is O=C(CC1(C(=O)O)CCC1)N(CCc1ccccc1)C1CCCC1. The maximum atomic E-state index is 12.9. The van der Waals surface area contributed by atoms with Crippen LogP contribution in [0, 0.1) is 5.41 Å². The van der Waals surface area contributed by atoms with E-state index in [9.17, 15) is 14.7 Å². The smallest absolute Gasteiger partial charge is 0.310 e. The molecule has 1 aromatic rings. The van der Waals surface area contributed by atoms with Crippen LogP contribution in [-0.4, -0.2) is 34.5 Å². The van der Waals surface area contributed by atoms with Gasteiger partial charge in [0.1, 0.15) is 0 Å². The quantitative estimate of drug-likeness (QED) is 0.831. The van der Waals surface area contributed by atoms with E-state index in [-0.39, 0.29) is 12.3 Å². The molecule has 4 heteroatoms. The van der Waals surface area contributed by atoms with Crippen LogP contribution in [0.25, 0.3) is 0 Å². The average molecular weight is 329 g/mol. The molecule has 2 aliphatic carbocycles. The minimum Gasteiger partial charge on any atom is -0.481 e. The molecule has 1 amide bonds. The summed E-state index contributed by atoms with van der Waals surface area (Å²) in [7, 11) is 0. The summed E-state index contributed by atoms with van der Waals surface area (Å²) in [5, 5.41) is 9.52. The van der Waals surface area contributed by atoms with Crippen LogP contribution < -0.4 is 0 Å². The Hall–Kier alpha value is -1.84. The van der Waals surface area contributed by atoms with Gasteiger partial charge in [0, 0.05) is 19.0 Å². The molecule has 0 aromatic heterocycles. The lowest BCUT2D eigenvalue weighted by Crippen LogP contribution is -2.47. The topological polar surface area (TPSA) is 57.6 Å². The number of benzene rings is 1. The van der Waals surface area contributed by atoms with E-state index in [1.807, 2.05) is 23.1 Å². The van der Waals surface area contributed by atoms with E-state index in [2.05, 4.69) is 12.1 Å². The van der Waals surface area contributed by atoms with E-state index < -0.39 is 11.4 Å². The maximum Gasteiger partial charge on any atom is 0.310 e. The van der Waals surface area contributed by atoms with Crippen molar-refractivity contribution in [1.82, 2.24) is 4.90 Å². The molecule has 0 heterocycles. The van der Waals surface area contributed by atoms with E-state index >= 15 is 0 Å². The summed E-state index contributed by atoms with van der Waals surface area (Å²) in [5.74, 6) is -0.753. The van der Waals surface area contributed by atoms with Crippen molar-refractivity contribution < 1.29 is 14.7 Å². The number of aliphatic carboxylic acids is 1. The summed E-state index contributed by atoms with van der Waals surface area (Å²) in [6, 6.07) is 10.5. The Morgan fingerprint density at radius 1 is 1.08 bits per heavy atom. The molecule has 0 bridgehead atoms. The number of carboxylic acids is 1. The van der Waals surface area contributed by atoms with E-state index in [1.54, 1.807) is 0 Å². The van der Waals surface area contributed by atoms with Gasteiger partial charge >= 0.3 is 5.97 Å². The third-order valence-electron chi connectivity index (χ3n) is 5.82. The van der Waals surface area contributed by atoms with Crippen molar-refractivity contribution in [2.24, 2.45) is 5.41 Å². The molecule has 24 heavy (non-hydrogen) atoms. The number of hydrogen-bond donors (Lipinski definition) is 1. The predicted octanol–water partition coefficient (Wildman–Crippen LogP) is 3.65. The molecule has 1 N–H and O–H groups in total. The van der Waals surface area contributed by atoms with E-state index in [0.717, 1.165) is 25.7 Å². The highest BCUT2D eigenvalue weighted by Crippen LogP contribution is 2.45. The van der Waals surface area contributed by atoms with Crippen LogP contribution in [0.15, 0.2) is 30.3 Å². The van der Waals surface area contributed by atoms with Crippen molar-refractivity contribution in [1.29, 1.82) is 0 Å². The molecule has 2 aliphatic rings. The van der Waals surface area contributed by atoms with Crippen LogP contribution in [0.1, 0.15) is 56.9 Å².